The standard InChI is InChI=1S/C60H84O12P4/c1-9-17-21-25-29-41-45-33-50(58(37-53(45)61)70-74(66)14-6)43(31-27-23-19-11-3)47-35-52(60(39-55(47)63)72-76(68)16-8)44(32-28-24-20-12-4)48-36-51(59(40-56(48)64)71-75(67)15-7)42(30-26-22-18-10-2)46-34-49(41)57(38-54(46)62)69-73(65)13-5/h33-44H,9-32H2,1-8H3/p+4. The smallest absolute Gasteiger partial charge is 0.508 e. The third-order valence-electron chi connectivity index (χ3n) is 14.9. The van der Waals surface area contributed by atoms with Crippen LogP contribution in [0.25, 0.3) is 0 Å². The molecule has 0 amide bonds. The second-order valence-electron chi connectivity index (χ2n) is 20.4. The summed E-state index contributed by atoms with van der Waals surface area (Å²) in [7, 11) is -8.87. The van der Waals surface area contributed by atoms with Crippen LogP contribution in [0.1, 0.15) is 252 Å². The van der Waals surface area contributed by atoms with Gasteiger partial charge in [0.2, 0.25) is 0 Å². The van der Waals surface area contributed by atoms with Gasteiger partial charge >= 0.3 is 32.1 Å². The molecule has 4 N–H and O–H groups in total. The van der Waals surface area contributed by atoms with Crippen molar-refractivity contribution in [2.24, 2.45) is 0 Å². The predicted molar refractivity (Wildman–Crippen MR) is 310 cm³/mol. The monoisotopic (exact) mass is 1120 g/mol. The van der Waals surface area contributed by atoms with E-state index in [0.29, 0.717) is 70.2 Å². The molecule has 0 aliphatic heterocycles. The first-order valence-corrected chi connectivity index (χ1v) is 34.1. The summed E-state index contributed by atoms with van der Waals surface area (Å²) in [6, 6.07) is 13.8. The summed E-state index contributed by atoms with van der Waals surface area (Å²) in [6.45, 7) is 15.7. The molecule has 8 atom stereocenters. The lowest BCUT2D eigenvalue weighted by Gasteiger charge is -2.29. The maximum absolute atomic E-state index is 13.6. The second-order valence-corrected chi connectivity index (χ2v) is 26.3. The van der Waals surface area contributed by atoms with E-state index in [9.17, 15) is 38.7 Å². The van der Waals surface area contributed by atoms with Crippen LogP contribution in [0, 0.1) is 0 Å². The van der Waals surface area contributed by atoms with E-state index in [0.717, 1.165) is 103 Å². The Morgan fingerprint density at radius 2 is 0.500 bits per heavy atom. The molecule has 1 aliphatic rings. The van der Waals surface area contributed by atoms with Crippen LogP contribution in [0.5, 0.6) is 46.0 Å². The number of unbranched alkanes of at least 4 members (excludes halogenated alkanes) is 12. The summed E-state index contributed by atoms with van der Waals surface area (Å²) in [5, 5.41) is 50.1. The van der Waals surface area contributed by atoms with Crippen molar-refractivity contribution in [1.82, 2.24) is 0 Å². The van der Waals surface area contributed by atoms with Crippen LogP contribution in [-0.2, 0) is 18.3 Å². The zero-order valence-electron chi connectivity index (χ0n) is 46.7. The van der Waals surface area contributed by atoms with Crippen LogP contribution in [0.2, 0.25) is 0 Å². The Morgan fingerprint density at radius 1 is 0.303 bits per heavy atom. The number of aromatic hydroxyl groups is 4. The molecular weight excluding hydrogens is 1040 g/mol. The molecular formula is C60H88O12P4+4. The van der Waals surface area contributed by atoms with Gasteiger partial charge in [-0.15, -0.1) is 0 Å². The third-order valence-corrected chi connectivity index (χ3v) is 18.5. The molecule has 5 rings (SSSR count). The van der Waals surface area contributed by atoms with Gasteiger partial charge in [-0.1, -0.05) is 130 Å². The molecule has 0 fully saturated rings. The van der Waals surface area contributed by atoms with Gasteiger partial charge in [0.05, 0.1) is 0 Å². The van der Waals surface area contributed by atoms with Crippen molar-refractivity contribution in [2.45, 2.75) is 207 Å². The third kappa shape index (κ3) is 16.8. The van der Waals surface area contributed by atoms with E-state index in [1.54, 1.807) is 52.0 Å². The fourth-order valence-corrected chi connectivity index (χ4v) is 12.7. The zero-order chi connectivity index (χ0) is 55.3. The Hall–Kier alpha value is -4.32. The first-order valence-electron chi connectivity index (χ1n) is 28.7. The SMILES string of the molecule is CCCCCCC1c2cc(c(O[P+](=O)CC)cc2O)C(CCCCCC)c2cc(c(O[P+](=O)CC)cc2O)C(CCCCCC)c2cc(c(O[P+](=O)CC)cc2O)C(CCCCCC)c2cc1c(O[P+](=O)CC)cc2O. The van der Waals surface area contributed by atoms with Gasteiger partial charge in [-0.25, -0.2) is 0 Å². The molecule has 16 heteroatoms. The van der Waals surface area contributed by atoms with Crippen molar-refractivity contribution in [1.29, 1.82) is 0 Å². The predicted octanol–water partition coefficient (Wildman–Crippen LogP) is 19.8. The highest BCUT2D eigenvalue weighted by atomic mass is 31.1. The van der Waals surface area contributed by atoms with Gasteiger partial charge in [-0.05, 0) is 95.9 Å². The molecule has 4 aromatic carbocycles. The molecule has 1 aliphatic carbocycles. The Kier molecular flexibility index (Phi) is 26.3. The minimum atomic E-state index is -2.22. The Labute approximate surface area is 458 Å². The molecule has 0 saturated heterocycles. The van der Waals surface area contributed by atoms with E-state index >= 15 is 0 Å². The van der Waals surface area contributed by atoms with Crippen molar-refractivity contribution in [3.8, 4) is 46.0 Å². The first-order chi connectivity index (χ1) is 36.7. The number of hydrogen-bond acceptors (Lipinski definition) is 12. The number of rotatable bonds is 32. The fraction of sp³-hybridized carbons (Fsp3) is 0.600. The van der Waals surface area contributed by atoms with Crippen LogP contribution in [0.4, 0.5) is 0 Å². The van der Waals surface area contributed by atoms with Crippen molar-refractivity contribution >= 4 is 32.1 Å². The fourth-order valence-electron chi connectivity index (χ4n) is 10.6. The van der Waals surface area contributed by atoms with Gasteiger partial charge < -0.3 is 20.4 Å². The van der Waals surface area contributed by atoms with E-state index in [-0.39, 0.29) is 70.6 Å². The summed E-state index contributed by atoms with van der Waals surface area (Å²) in [6.07, 6.45) is 17.4. The number of hydrogen-bond donors (Lipinski definition) is 4. The largest absolute Gasteiger partial charge is 0.555 e. The molecule has 4 aromatic rings. The molecule has 76 heavy (non-hydrogen) atoms. The van der Waals surface area contributed by atoms with Crippen molar-refractivity contribution < 1.29 is 56.8 Å². The lowest BCUT2D eigenvalue weighted by Crippen LogP contribution is -2.13. The molecule has 8 bridgehead atoms. The van der Waals surface area contributed by atoms with Gasteiger partial charge in [0.25, 0.3) is 0 Å². The zero-order valence-corrected chi connectivity index (χ0v) is 50.3. The molecule has 0 radical (unpaired) electrons. The number of fused-ring (bicyclic) bond motifs is 8. The highest BCUT2D eigenvalue weighted by molar-refractivity contribution is 7.40. The van der Waals surface area contributed by atoms with E-state index in [2.05, 4.69) is 27.7 Å². The van der Waals surface area contributed by atoms with Gasteiger partial charge in [0.15, 0.2) is 47.6 Å². The number of benzene rings is 4. The van der Waals surface area contributed by atoms with Crippen LogP contribution in [0.3, 0.4) is 0 Å². The number of phenolic OH excluding ortho intramolecular Hbond substituents is 4. The summed E-state index contributed by atoms with van der Waals surface area (Å²) in [5.74, 6) is -1.97. The molecule has 0 saturated carbocycles. The minimum absolute atomic E-state index is 0.104. The summed E-state index contributed by atoms with van der Waals surface area (Å²) < 4.78 is 79.7. The van der Waals surface area contributed by atoms with E-state index in [4.69, 9.17) is 18.1 Å². The molecule has 416 valence electrons. The van der Waals surface area contributed by atoms with Gasteiger partial charge in [0, 0.05) is 92.4 Å². The summed E-state index contributed by atoms with van der Waals surface area (Å²) in [4.78, 5) is 0. The van der Waals surface area contributed by atoms with Crippen molar-refractivity contribution in [3.63, 3.8) is 0 Å². The van der Waals surface area contributed by atoms with E-state index < -0.39 is 55.8 Å². The Balaban J connectivity index is 2.10. The van der Waals surface area contributed by atoms with E-state index in [1.165, 1.54) is 0 Å². The maximum Gasteiger partial charge on any atom is 0.555 e. The van der Waals surface area contributed by atoms with Crippen LogP contribution in [-0.4, -0.2) is 45.1 Å². The lowest BCUT2D eigenvalue weighted by molar-refractivity contribution is 0.440. The summed E-state index contributed by atoms with van der Waals surface area (Å²) in [5.41, 5.74) is 4.50. The highest BCUT2D eigenvalue weighted by Crippen LogP contribution is 2.55. The van der Waals surface area contributed by atoms with Gasteiger partial charge in [-0.3, -0.25) is 18.1 Å². The van der Waals surface area contributed by atoms with Crippen molar-refractivity contribution in [2.75, 3.05) is 24.6 Å². The van der Waals surface area contributed by atoms with E-state index in [1.807, 2.05) is 24.3 Å². The van der Waals surface area contributed by atoms with Crippen molar-refractivity contribution in [3.05, 3.63) is 93.0 Å². The van der Waals surface area contributed by atoms with Gasteiger partial charge in [-0.2, -0.15) is 0 Å². The summed E-state index contributed by atoms with van der Waals surface area (Å²) >= 11 is 0. The molecule has 0 spiro atoms. The van der Waals surface area contributed by atoms with Crippen LogP contribution < -0.4 is 18.1 Å². The minimum Gasteiger partial charge on any atom is -0.508 e. The Bertz CT molecular complexity index is 2230. The lowest BCUT2D eigenvalue weighted by atomic mass is 9.76. The Morgan fingerprint density at radius 3 is 0.671 bits per heavy atom. The molecule has 12 nitrogen and oxygen atoms in total. The maximum atomic E-state index is 13.6. The first kappa shape index (κ1) is 62.5. The normalized spacial score (nSPS) is 16.9. The topological polar surface area (TPSA) is 186 Å². The number of phenols is 4. The quantitative estimate of drug-likeness (QED) is 0.0268. The highest BCUT2D eigenvalue weighted by Gasteiger charge is 2.38. The average Bonchev–Trinajstić information content (AvgIpc) is 3.42. The van der Waals surface area contributed by atoms with Crippen LogP contribution >= 0.6 is 32.1 Å². The molecule has 8 unspecified atom stereocenters. The van der Waals surface area contributed by atoms with Gasteiger partial charge in [0.1, 0.15) is 23.0 Å². The van der Waals surface area contributed by atoms with Crippen LogP contribution in [0.15, 0.2) is 48.5 Å². The average molecular weight is 1130 g/mol. The molecule has 0 aromatic heterocycles. The second kappa shape index (κ2) is 31.9. The molecule has 0 heterocycles.